The molecule has 1 aliphatic carbocycles. The third-order valence-corrected chi connectivity index (χ3v) is 5.22. The van der Waals surface area contributed by atoms with Crippen LogP contribution in [0.3, 0.4) is 0 Å². The van der Waals surface area contributed by atoms with E-state index in [-0.39, 0.29) is 6.09 Å². The largest absolute Gasteiger partial charge is 0.444 e. The van der Waals surface area contributed by atoms with Gasteiger partial charge < -0.3 is 9.64 Å². The summed E-state index contributed by atoms with van der Waals surface area (Å²) < 4.78 is 5.55. The quantitative estimate of drug-likeness (QED) is 0.699. The van der Waals surface area contributed by atoms with Gasteiger partial charge in [-0.3, -0.25) is 0 Å². The van der Waals surface area contributed by atoms with Crippen LogP contribution in [0.4, 0.5) is 4.79 Å². The van der Waals surface area contributed by atoms with Gasteiger partial charge in [-0.05, 0) is 80.5 Å². The lowest BCUT2D eigenvalue weighted by Gasteiger charge is -2.32. The molecule has 1 aromatic rings. The fraction of sp³-hybridized carbons (Fsp3) is 0.667. The van der Waals surface area contributed by atoms with Crippen LogP contribution in [-0.2, 0) is 30.4 Å². The maximum atomic E-state index is 12.4. The number of hydrogen-bond donors (Lipinski definition) is 0. The number of carbonyl (C=O) groups is 1. The van der Waals surface area contributed by atoms with E-state index in [1.54, 1.807) is 0 Å². The van der Waals surface area contributed by atoms with Gasteiger partial charge in [0.25, 0.3) is 0 Å². The number of amides is 1. The summed E-state index contributed by atoms with van der Waals surface area (Å²) in [7, 11) is 0. The molecule has 3 heteroatoms. The molecular formula is C21H31NO2. The van der Waals surface area contributed by atoms with Gasteiger partial charge in [0.15, 0.2) is 0 Å². The minimum atomic E-state index is -0.430. The molecule has 0 N–H and O–H groups in total. The highest BCUT2D eigenvalue weighted by Crippen LogP contribution is 2.36. The number of carbonyl (C=O) groups excluding carboxylic acids is 1. The molecule has 0 bridgehead atoms. The average molecular weight is 329 g/mol. The topological polar surface area (TPSA) is 29.5 Å². The number of hydrogen-bond acceptors (Lipinski definition) is 2. The van der Waals surface area contributed by atoms with Crippen molar-refractivity contribution in [1.29, 1.82) is 0 Å². The maximum absolute atomic E-state index is 12.4. The number of rotatable bonds is 0. The minimum absolute atomic E-state index is 0.179. The highest BCUT2D eigenvalue weighted by Gasteiger charge is 2.28. The van der Waals surface area contributed by atoms with Crippen LogP contribution in [-0.4, -0.2) is 29.7 Å². The summed E-state index contributed by atoms with van der Waals surface area (Å²) >= 11 is 0. The second-order valence-corrected chi connectivity index (χ2v) is 9.20. The first-order valence-corrected chi connectivity index (χ1v) is 9.24. The van der Waals surface area contributed by atoms with E-state index >= 15 is 0 Å². The maximum Gasteiger partial charge on any atom is 0.410 e. The summed E-state index contributed by atoms with van der Waals surface area (Å²) in [5, 5.41) is 0. The molecule has 0 unspecified atom stereocenters. The Morgan fingerprint density at radius 1 is 1.00 bits per heavy atom. The summed E-state index contributed by atoms with van der Waals surface area (Å²) in [6, 6.07) is 4.84. The van der Waals surface area contributed by atoms with Crippen molar-refractivity contribution in [2.24, 2.45) is 5.41 Å². The van der Waals surface area contributed by atoms with Crippen LogP contribution in [0.25, 0.3) is 0 Å². The monoisotopic (exact) mass is 329 g/mol. The Labute approximate surface area is 146 Å². The van der Waals surface area contributed by atoms with E-state index in [0.29, 0.717) is 5.41 Å². The average Bonchev–Trinajstić information content (AvgIpc) is 2.64. The number of ether oxygens (including phenoxy) is 1. The molecule has 3 rings (SSSR count). The molecule has 1 aromatic carbocycles. The van der Waals surface area contributed by atoms with Crippen LogP contribution >= 0.6 is 0 Å². The van der Waals surface area contributed by atoms with Crippen LogP contribution < -0.4 is 0 Å². The van der Waals surface area contributed by atoms with Crippen LogP contribution in [0.5, 0.6) is 0 Å². The minimum Gasteiger partial charge on any atom is -0.444 e. The molecular weight excluding hydrogens is 298 g/mol. The number of benzene rings is 1. The van der Waals surface area contributed by atoms with Gasteiger partial charge in [-0.15, -0.1) is 0 Å². The van der Waals surface area contributed by atoms with Gasteiger partial charge in [0.2, 0.25) is 0 Å². The van der Waals surface area contributed by atoms with Gasteiger partial charge in [-0.25, -0.2) is 4.79 Å². The zero-order valence-corrected chi connectivity index (χ0v) is 15.9. The summed E-state index contributed by atoms with van der Waals surface area (Å²) in [4.78, 5) is 14.2. The molecule has 1 aliphatic heterocycles. The van der Waals surface area contributed by atoms with Crippen LogP contribution in [0.2, 0.25) is 0 Å². The number of fused-ring (bicyclic) bond motifs is 2. The molecule has 2 aliphatic rings. The van der Waals surface area contributed by atoms with Crippen molar-refractivity contribution < 1.29 is 9.53 Å². The van der Waals surface area contributed by atoms with Gasteiger partial charge in [-0.2, -0.15) is 0 Å². The Bertz CT molecular complexity index is 640. The summed E-state index contributed by atoms with van der Waals surface area (Å²) in [6.45, 7) is 12.0. The van der Waals surface area contributed by atoms with Crippen LogP contribution in [0, 0.1) is 5.41 Å². The second kappa shape index (κ2) is 6.09. The van der Waals surface area contributed by atoms with E-state index < -0.39 is 5.60 Å². The lowest BCUT2D eigenvalue weighted by Crippen LogP contribution is -2.38. The standard InChI is InChI=1S/C21H31NO2/c1-20(2,3)24-19(23)22-10-7-16-12-15-6-9-21(4,5)14-18(15)13-17(16)8-11-22/h12-13H,6-11,14H2,1-5H3. The van der Waals surface area contributed by atoms with Gasteiger partial charge in [0.1, 0.15) is 5.60 Å². The van der Waals surface area contributed by atoms with Crippen LogP contribution in [0.1, 0.15) is 63.3 Å². The van der Waals surface area contributed by atoms with Gasteiger partial charge in [0.05, 0.1) is 0 Å². The molecule has 0 aromatic heterocycles. The Hall–Kier alpha value is -1.51. The molecule has 0 saturated carbocycles. The third kappa shape index (κ3) is 3.93. The lowest BCUT2D eigenvalue weighted by molar-refractivity contribution is 0.0258. The molecule has 0 radical (unpaired) electrons. The molecule has 0 spiro atoms. The molecule has 0 atom stereocenters. The van der Waals surface area contributed by atoms with E-state index in [4.69, 9.17) is 4.74 Å². The Kier molecular flexibility index (Phi) is 4.39. The summed E-state index contributed by atoms with van der Waals surface area (Å²) in [6.07, 6.45) is 5.31. The molecule has 24 heavy (non-hydrogen) atoms. The third-order valence-electron chi connectivity index (χ3n) is 5.22. The van der Waals surface area contributed by atoms with Gasteiger partial charge >= 0.3 is 6.09 Å². The Balaban J connectivity index is 1.76. The normalized spacial score (nSPS) is 20.0. The first-order valence-electron chi connectivity index (χ1n) is 9.24. The highest BCUT2D eigenvalue weighted by atomic mass is 16.6. The first-order chi connectivity index (χ1) is 11.1. The van der Waals surface area contributed by atoms with Crippen molar-refractivity contribution in [3.05, 3.63) is 34.4 Å². The van der Waals surface area contributed by atoms with Crippen molar-refractivity contribution in [2.45, 2.75) is 72.3 Å². The smallest absolute Gasteiger partial charge is 0.410 e. The van der Waals surface area contributed by atoms with E-state index in [1.807, 2.05) is 25.7 Å². The molecule has 132 valence electrons. The van der Waals surface area contributed by atoms with E-state index in [0.717, 1.165) is 25.9 Å². The molecule has 0 fully saturated rings. The number of aryl methyl sites for hydroxylation is 1. The fourth-order valence-corrected chi connectivity index (χ4v) is 3.86. The Morgan fingerprint density at radius 2 is 1.54 bits per heavy atom. The van der Waals surface area contributed by atoms with Crippen molar-refractivity contribution in [1.82, 2.24) is 4.90 Å². The van der Waals surface area contributed by atoms with Gasteiger partial charge in [-0.1, -0.05) is 26.0 Å². The lowest BCUT2D eigenvalue weighted by atomic mass is 9.73. The first kappa shape index (κ1) is 17.3. The molecule has 1 amide bonds. The zero-order valence-electron chi connectivity index (χ0n) is 15.9. The van der Waals surface area contributed by atoms with Gasteiger partial charge in [0, 0.05) is 13.1 Å². The Morgan fingerprint density at radius 3 is 2.12 bits per heavy atom. The van der Waals surface area contributed by atoms with E-state index in [2.05, 4.69) is 26.0 Å². The highest BCUT2D eigenvalue weighted by molar-refractivity contribution is 5.68. The van der Waals surface area contributed by atoms with Crippen LogP contribution in [0.15, 0.2) is 12.1 Å². The van der Waals surface area contributed by atoms with E-state index in [1.165, 1.54) is 41.5 Å². The van der Waals surface area contributed by atoms with Crippen molar-refractivity contribution >= 4 is 6.09 Å². The van der Waals surface area contributed by atoms with E-state index in [9.17, 15) is 4.79 Å². The molecule has 3 nitrogen and oxygen atoms in total. The SMILES string of the molecule is CC1(C)CCc2cc3c(cc2C1)CCN(C(=O)OC(C)(C)C)CC3. The summed E-state index contributed by atoms with van der Waals surface area (Å²) in [5.74, 6) is 0. The molecule has 1 heterocycles. The predicted octanol–water partition coefficient (Wildman–Crippen LogP) is 4.54. The molecule has 0 saturated heterocycles. The van der Waals surface area contributed by atoms with Crippen molar-refractivity contribution in [3.63, 3.8) is 0 Å². The number of nitrogens with zero attached hydrogens (tertiary/aromatic N) is 1. The predicted molar refractivity (Wildman–Crippen MR) is 97.5 cm³/mol. The summed E-state index contributed by atoms with van der Waals surface area (Å²) in [5.41, 5.74) is 5.89. The second-order valence-electron chi connectivity index (χ2n) is 9.20. The fourth-order valence-electron chi connectivity index (χ4n) is 3.86. The zero-order chi connectivity index (χ0) is 17.5. The van der Waals surface area contributed by atoms with Crippen molar-refractivity contribution in [3.8, 4) is 0 Å². The van der Waals surface area contributed by atoms with Crippen molar-refractivity contribution in [2.75, 3.05) is 13.1 Å².